The van der Waals surface area contributed by atoms with Crippen molar-refractivity contribution in [1.29, 1.82) is 0 Å². The average Bonchev–Trinajstić information content (AvgIpc) is 2.88. The number of Topliss-reactive ketones (excluding diaryl/α,β-unsaturated/α-hetero) is 1. The summed E-state index contributed by atoms with van der Waals surface area (Å²) in [6, 6.07) is 12.7. The Kier molecular flexibility index (Phi) is 7.52. The van der Waals surface area contributed by atoms with Gasteiger partial charge in [0.15, 0.2) is 5.78 Å². The zero-order chi connectivity index (χ0) is 25.8. The van der Waals surface area contributed by atoms with Gasteiger partial charge in [-0.2, -0.15) is 0 Å². The summed E-state index contributed by atoms with van der Waals surface area (Å²) >= 11 is 0. The van der Waals surface area contributed by atoms with Gasteiger partial charge in [0.05, 0.1) is 37.5 Å². The number of ketones is 1. The minimum absolute atomic E-state index is 0.141. The van der Waals surface area contributed by atoms with E-state index in [4.69, 9.17) is 14.2 Å². The number of carbonyl (C=O) groups is 3. The lowest BCUT2D eigenvalue weighted by Gasteiger charge is -2.39. The van der Waals surface area contributed by atoms with Crippen LogP contribution in [0.4, 0.5) is 0 Å². The summed E-state index contributed by atoms with van der Waals surface area (Å²) in [4.78, 5) is 45.0. The third-order valence-corrected chi connectivity index (χ3v) is 6.58. The number of ether oxygens (including phenoxy) is 3. The fourth-order valence-electron chi connectivity index (χ4n) is 5.12. The summed E-state index contributed by atoms with van der Waals surface area (Å²) < 4.78 is 16.3. The van der Waals surface area contributed by atoms with Gasteiger partial charge in [0, 0.05) is 29.1 Å². The maximum atomic E-state index is 14.2. The molecule has 3 atom stereocenters. The molecule has 0 saturated heterocycles. The van der Waals surface area contributed by atoms with Gasteiger partial charge in [-0.3, -0.25) is 14.6 Å². The van der Waals surface area contributed by atoms with Gasteiger partial charge in [-0.1, -0.05) is 24.3 Å². The first-order chi connectivity index (χ1) is 17.4. The normalized spacial score (nSPS) is 21.4. The molecule has 2 aromatic rings. The van der Waals surface area contributed by atoms with E-state index in [0.29, 0.717) is 40.4 Å². The number of allylic oxidation sites excluding steroid dienone is 3. The van der Waals surface area contributed by atoms with Gasteiger partial charge in [0.1, 0.15) is 11.7 Å². The summed E-state index contributed by atoms with van der Waals surface area (Å²) in [6.45, 7) is 5.54. The van der Waals surface area contributed by atoms with Gasteiger partial charge in [-0.15, -0.1) is 0 Å². The van der Waals surface area contributed by atoms with Gasteiger partial charge >= 0.3 is 11.9 Å². The van der Waals surface area contributed by atoms with Crippen LogP contribution in [0.1, 0.15) is 50.3 Å². The van der Waals surface area contributed by atoms with E-state index in [1.54, 1.807) is 58.3 Å². The summed E-state index contributed by atoms with van der Waals surface area (Å²) in [5.41, 5.74) is 3.15. The average molecular weight is 491 g/mol. The Bertz CT molecular complexity index is 1230. The molecule has 36 heavy (non-hydrogen) atoms. The van der Waals surface area contributed by atoms with Crippen LogP contribution in [0.25, 0.3) is 0 Å². The van der Waals surface area contributed by atoms with E-state index < -0.39 is 35.5 Å². The molecule has 8 nitrogen and oxygen atoms in total. The molecule has 8 heteroatoms. The summed E-state index contributed by atoms with van der Waals surface area (Å²) in [5.74, 6) is -3.33. The maximum absolute atomic E-state index is 14.2. The van der Waals surface area contributed by atoms with Crippen molar-refractivity contribution < 1.29 is 28.6 Å². The molecule has 0 unspecified atom stereocenters. The predicted molar refractivity (Wildman–Crippen MR) is 132 cm³/mol. The van der Waals surface area contributed by atoms with Crippen molar-refractivity contribution in [3.05, 3.63) is 82.5 Å². The molecule has 1 aromatic heterocycles. The molecule has 0 amide bonds. The molecule has 0 spiro atoms. The molecular formula is C28H30N2O6. The third kappa shape index (κ3) is 4.51. The molecule has 1 aliphatic carbocycles. The highest BCUT2D eigenvalue weighted by Gasteiger charge is 2.49. The highest BCUT2D eigenvalue weighted by atomic mass is 16.5. The van der Waals surface area contributed by atoms with E-state index in [1.165, 1.54) is 0 Å². The van der Waals surface area contributed by atoms with Gasteiger partial charge in [-0.25, -0.2) is 4.79 Å². The molecule has 2 aliphatic rings. The van der Waals surface area contributed by atoms with E-state index in [2.05, 4.69) is 10.3 Å². The number of dihydropyridines is 1. The Morgan fingerprint density at radius 1 is 1.06 bits per heavy atom. The number of hydrogen-bond donors (Lipinski definition) is 1. The molecule has 1 aromatic carbocycles. The third-order valence-electron chi connectivity index (χ3n) is 6.58. The van der Waals surface area contributed by atoms with Crippen molar-refractivity contribution in [3.63, 3.8) is 0 Å². The molecular weight excluding hydrogens is 460 g/mol. The van der Waals surface area contributed by atoms with Gasteiger partial charge in [-0.05, 0) is 51.0 Å². The number of rotatable bonds is 7. The Hall–Kier alpha value is -3.94. The number of para-hydroxylation sites is 1. The summed E-state index contributed by atoms with van der Waals surface area (Å²) in [7, 11) is 1.56. The standard InChI is InChI=1S/C28H30N2O6/c1-5-35-27(32)22-16(3)30-20-15-18(17-11-7-8-13-21(17)34-4)23(28(33)36-6-2)26(31)25(20)24(22)19-12-9-10-14-29-19/h7-14,18,23-24,30H,5-6,15H2,1-4H3/t18-,23+,24-/m1/s1. The summed E-state index contributed by atoms with van der Waals surface area (Å²) in [6.07, 6.45) is 1.96. The molecule has 1 N–H and O–H groups in total. The van der Waals surface area contributed by atoms with Crippen LogP contribution >= 0.6 is 0 Å². The fourth-order valence-corrected chi connectivity index (χ4v) is 5.12. The van der Waals surface area contributed by atoms with Gasteiger partial charge in [0.25, 0.3) is 0 Å². The van der Waals surface area contributed by atoms with E-state index >= 15 is 0 Å². The largest absolute Gasteiger partial charge is 0.496 e. The monoisotopic (exact) mass is 490 g/mol. The lowest BCUT2D eigenvalue weighted by atomic mass is 9.67. The number of benzene rings is 1. The smallest absolute Gasteiger partial charge is 0.336 e. The van der Waals surface area contributed by atoms with E-state index in [9.17, 15) is 14.4 Å². The zero-order valence-electron chi connectivity index (χ0n) is 20.9. The molecule has 0 fully saturated rings. The van der Waals surface area contributed by atoms with Crippen molar-refractivity contribution in [2.24, 2.45) is 5.92 Å². The van der Waals surface area contributed by atoms with Crippen LogP contribution in [-0.2, 0) is 23.9 Å². The number of methoxy groups -OCH3 is 1. The zero-order valence-corrected chi connectivity index (χ0v) is 20.9. The van der Waals surface area contributed by atoms with Crippen molar-refractivity contribution >= 4 is 17.7 Å². The SMILES string of the molecule is CCOC(=O)C1=C(C)NC2=C(C(=O)[C@@H](C(=O)OCC)[C@@H](c3ccccc3OC)C2)[C@@H]1c1ccccn1. The molecule has 0 radical (unpaired) electrons. The summed E-state index contributed by atoms with van der Waals surface area (Å²) in [5, 5.41) is 3.28. The second-order valence-corrected chi connectivity index (χ2v) is 8.61. The minimum Gasteiger partial charge on any atom is -0.496 e. The Balaban J connectivity index is 1.91. The van der Waals surface area contributed by atoms with Crippen molar-refractivity contribution in [3.8, 4) is 5.75 Å². The highest BCUT2D eigenvalue weighted by Crippen LogP contribution is 2.49. The number of nitrogens with zero attached hydrogens (tertiary/aromatic N) is 1. The number of esters is 2. The van der Waals surface area contributed by atoms with Crippen LogP contribution in [0, 0.1) is 5.92 Å². The first-order valence-corrected chi connectivity index (χ1v) is 12.0. The van der Waals surface area contributed by atoms with Crippen molar-refractivity contribution in [2.75, 3.05) is 20.3 Å². The lowest BCUT2D eigenvalue weighted by molar-refractivity contribution is -0.152. The first kappa shape index (κ1) is 25.2. The minimum atomic E-state index is -1.10. The topological polar surface area (TPSA) is 104 Å². The first-order valence-electron chi connectivity index (χ1n) is 12.0. The van der Waals surface area contributed by atoms with E-state index in [0.717, 1.165) is 5.56 Å². The molecule has 2 heterocycles. The molecule has 0 saturated carbocycles. The Morgan fingerprint density at radius 3 is 2.44 bits per heavy atom. The second-order valence-electron chi connectivity index (χ2n) is 8.61. The fraction of sp³-hybridized carbons (Fsp3) is 0.357. The molecule has 0 bridgehead atoms. The quantitative estimate of drug-likeness (QED) is 0.462. The second kappa shape index (κ2) is 10.8. The van der Waals surface area contributed by atoms with Crippen LogP contribution < -0.4 is 10.1 Å². The number of hydrogen-bond acceptors (Lipinski definition) is 8. The predicted octanol–water partition coefficient (Wildman–Crippen LogP) is 3.80. The van der Waals surface area contributed by atoms with Crippen LogP contribution in [0.5, 0.6) is 5.75 Å². The van der Waals surface area contributed by atoms with E-state index in [1.807, 2.05) is 18.2 Å². The molecule has 1 aliphatic heterocycles. The maximum Gasteiger partial charge on any atom is 0.336 e. The van der Waals surface area contributed by atoms with Crippen molar-refractivity contribution in [2.45, 2.75) is 39.0 Å². The Labute approximate surface area is 210 Å². The number of carbonyl (C=O) groups excluding carboxylic acids is 3. The number of aromatic nitrogens is 1. The van der Waals surface area contributed by atoms with Gasteiger partial charge < -0.3 is 19.5 Å². The Morgan fingerprint density at radius 2 is 1.78 bits per heavy atom. The lowest BCUT2D eigenvalue weighted by Crippen LogP contribution is -2.43. The van der Waals surface area contributed by atoms with Crippen molar-refractivity contribution in [1.82, 2.24) is 10.3 Å². The van der Waals surface area contributed by atoms with Crippen LogP contribution in [0.2, 0.25) is 0 Å². The molecule has 188 valence electrons. The van der Waals surface area contributed by atoms with Crippen LogP contribution in [0.3, 0.4) is 0 Å². The van der Waals surface area contributed by atoms with Crippen LogP contribution in [-0.4, -0.2) is 43.0 Å². The van der Waals surface area contributed by atoms with Crippen LogP contribution in [0.15, 0.2) is 71.2 Å². The molecule has 4 rings (SSSR count). The number of pyridine rings is 1. The number of nitrogens with one attached hydrogen (secondary N) is 1. The highest BCUT2D eigenvalue weighted by molar-refractivity contribution is 6.13. The van der Waals surface area contributed by atoms with E-state index in [-0.39, 0.29) is 13.2 Å². The van der Waals surface area contributed by atoms with Gasteiger partial charge in [0.2, 0.25) is 0 Å².